The number of fused-ring (bicyclic) bond motifs is 1. The summed E-state index contributed by atoms with van der Waals surface area (Å²) in [4.78, 5) is 41.8. The van der Waals surface area contributed by atoms with E-state index < -0.39 is 17.1 Å². The molecule has 0 aromatic heterocycles. The van der Waals surface area contributed by atoms with Crippen LogP contribution in [0.15, 0.2) is 41.3 Å². The Balaban J connectivity index is 1.56. The van der Waals surface area contributed by atoms with E-state index in [1.54, 1.807) is 12.1 Å². The van der Waals surface area contributed by atoms with Crippen molar-refractivity contribution in [3.63, 3.8) is 0 Å². The molecular weight excluding hydrogens is 494 g/mol. The first-order chi connectivity index (χ1) is 17.0. The molecule has 2 aromatic carbocycles. The van der Waals surface area contributed by atoms with Crippen LogP contribution in [0.2, 0.25) is 5.02 Å². The maximum atomic E-state index is 13.0. The van der Waals surface area contributed by atoms with Gasteiger partial charge < -0.3 is 10.2 Å². The molecule has 2 aliphatic rings. The third-order valence-corrected chi connectivity index (χ3v) is 7.95. The van der Waals surface area contributed by atoms with E-state index >= 15 is 0 Å². The fourth-order valence-electron chi connectivity index (χ4n) is 5.12. The number of amides is 3. The van der Waals surface area contributed by atoms with Crippen LogP contribution in [0.5, 0.6) is 0 Å². The third kappa shape index (κ3) is 5.32. The van der Waals surface area contributed by atoms with Gasteiger partial charge >= 0.3 is 0 Å². The summed E-state index contributed by atoms with van der Waals surface area (Å²) < 4.78 is 0. The van der Waals surface area contributed by atoms with Crippen molar-refractivity contribution in [2.45, 2.75) is 58.9 Å². The number of halogens is 1. The van der Waals surface area contributed by atoms with Gasteiger partial charge in [-0.25, -0.2) is 0 Å². The lowest BCUT2D eigenvalue weighted by Gasteiger charge is -2.47. The van der Waals surface area contributed by atoms with Gasteiger partial charge in [-0.2, -0.15) is 0 Å². The third-order valence-electron chi connectivity index (χ3n) is 6.72. The maximum absolute atomic E-state index is 13.0. The largest absolute Gasteiger partial charge is 0.366 e. The standard InChI is InChI=1S/C28H32ClN3O3S/c1-6-10-32-23-14-22(29)19(12-21(23)18(3)15-28(32,4)5)13-24-26(34)31(27(35)36-24)16-25(33)30-20-9-7-8-17(2)11-20/h7-9,11-14,18H,6,10,15-16H2,1-5H3,(H,30,33)/b24-13+. The summed E-state index contributed by atoms with van der Waals surface area (Å²) in [6.07, 6.45) is 3.71. The molecule has 1 saturated heterocycles. The quantitative estimate of drug-likeness (QED) is 0.419. The van der Waals surface area contributed by atoms with Gasteiger partial charge in [-0.3, -0.25) is 19.3 Å². The van der Waals surface area contributed by atoms with Crippen LogP contribution in [0.4, 0.5) is 16.2 Å². The van der Waals surface area contributed by atoms with E-state index in [0.717, 1.165) is 47.3 Å². The van der Waals surface area contributed by atoms with Crippen LogP contribution in [0.1, 0.15) is 63.1 Å². The molecule has 1 unspecified atom stereocenters. The van der Waals surface area contributed by atoms with E-state index in [4.69, 9.17) is 11.6 Å². The van der Waals surface area contributed by atoms with E-state index in [0.29, 0.717) is 22.2 Å². The highest BCUT2D eigenvalue weighted by molar-refractivity contribution is 8.18. The van der Waals surface area contributed by atoms with Crippen LogP contribution >= 0.6 is 23.4 Å². The average Bonchev–Trinajstić information content (AvgIpc) is 3.04. The molecule has 1 atom stereocenters. The minimum Gasteiger partial charge on any atom is -0.366 e. The van der Waals surface area contributed by atoms with Gasteiger partial charge in [-0.1, -0.05) is 37.6 Å². The minimum absolute atomic E-state index is 0.0228. The average molecular weight is 526 g/mol. The lowest BCUT2D eigenvalue weighted by atomic mass is 9.79. The molecule has 8 heteroatoms. The second kappa shape index (κ2) is 10.3. The Morgan fingerprint density at radius 1 is 1.25 bits per heavy atom. The van der Waals surface area contributed by atoms with Crippen LogP contribution in [0, 0.1) is 6.92 Å². The lowest BCUT2D eigenvalue weighted by molar-refractivity contribution is -0.127. The number of benzene rings is 2. The van der Waals surface area contributed by atoms with Gasteiger partial charge in [-0.05, 0) is 98.3 Å². The lowest BCUT2D eigenvalue weighted by Crippen LogP contribution is -2.48. The van der Waals surface area contributed by atoms with Crippen molar-refractivity contribution in [1.82, 2.24) is 4.90 Å². The van der Waals surface area contributed by atoms with E-state index in [2.05, 4.69) is 37.9 Å². The predicted molar refractivity (Wildman–Crippen MR) is 149 cm³/mol. The summed E-state index contributed by atoms with van der Waals surface area (Å²) in [7, 11) is 0. The molecule has 1 fully saturated rings. The number of nitrogens with zero attached hydrogens (tertiary/aromatic N) is 2. The highest BCUT2D eigenvalue weighted by Gasteiger charge is 2.38. The number of nitrogens with one attached hydrogen (secondary N) is 1. The molecule has 3 amide bonds. The van der Waals surface area contributed by atoms with Crippen LogP contribution in [-0.2, 0) is 9.59 Å². The molecule has 2 heterocycles. The number of anilines is 2. The number of carbonyl (C=O) groups is 3. The first-order valence-electron chi connectivity index (χ1n) is 12.2. The second-order valence-electron chi connectivity index (χ2n) is 10.2. The van der Waals surface area contributed by atoms with Gasteiger partial charge in [-0.15, -0.1) is 0 Å². The van der Waals surface area contributed by atoms with Gasteiger partial charge in [0.2, 0.25) is 5.91 Å². The Morgan fingerprint density at radius 2 is 2.00 bits per heavy atom. The van der Waals surface area contributed by atoms with Crippen LogP contribution in [-0.4, -0.2) is 40.6 Å². The zero-order valence-electron chi connectivity index (χ0n) is 21.4. The van der Waals surface area contributed by atoms with Gasteiger partial charge in [0.25, 0.3) is 11.1 Å². The first kappa shape index (κ1) is 26.3. The molecule has 2 aromatic rings. The molecule has 6 nitrogen and oxygen atoms in total. The zero-order chi connectivity index (χ0) is 26.2. The van der Waals surface area contributed by atoms with Crippen molar-refractivity contribution < 1.29 is 14.4 Å². The van der Waals surface area contributed by atoms with Crippen molar-refractivity contribution in [3.05, 3.63) is 63.0 Å². The number of thioether (sulfide) groups is 1. The number of hydrogen-bond donors (Lipinski definition) is 1. The SMILES string of the molecule is CCCN1c2cc(Cl)c(/C=C3/SC(=O)N(CC(=O)Nc4cccc(C)c4)C3=O)cc2C(C)CC1(C)C. The number of carbonyl (C=O) groups excluding carboxylic acids is 3. The van der Waals surface area contributed by atoms with Crippen LogP contribution in [0.3, 0.4) is 0 Å². The van der Waals surface area contributed by atoms with E-state index in [1.165, 1.54) is 5.56 Å². The highest BCUT2D eigenvalue weighted by Crippen LogP contribution is 2.46. The van der Waals surface area contributed by atoms with E-state index in [-0.39, 0.29) is 17.0 Å². The summed E-state index contributed by atoms with van der Waals surface area (Å²) >= 11 is 7.53. The molecule has 0 radical (unpaired) electrons. The molecule has 0 spiro atoms. The summed E-state index contributed by atoms with van der Waals surface area (Å²) in [6.45, 7) is 11.4. The number of imide groups is 1. The van der Waals surface area contributed by atoms with Crippen molar-refractivity contribution in [2.75, 3.05) is 23.3 Å². The Labute approximate surface area is 222 Å². The monoisotopic (exact) mass is 525 g/mol. The fourth-order valence-corrected chi connectivity index (χ4v) is 6.16. The summed E-state index contributed by atoms with van der Waals surface area (Å²) in [6, 6.07) is 11.4. The summed E-state index contributed by atoms with van der Waals surface area (Å²) in [5, 5.41) is 2.81. The summed E-state index contributed by atoms with van der Waals surface area (Å²) in [5.41, 5.74) is 4.67. The first-order valence-corrected chi connectivity index (χ1v) is 13.4. The number of hydrogen-bond acceptors (Lipinski definition) is 5. The normalized spacial score (nSPS) is 20.2. The van der Waals surface area contributed by atoms with Gasteiger partial charge in [0.1, 0.15) is 6.54 Å². The fraction of sp³-hybridized carbons (Fsp3) is 0.393. The molecule has 190 valence electrons. The molecule has 2 aliphatic heterocycles. The molecule has 1 N–H and O–H groups in total. The van der Waals surface area contributed by atoms with Crippen molar-refractivity contribution in [1.29, 1.82) is 0 Å². The molecule has 0 saturated carbocycles. The predicted octanol–water partition coefficient (Wildman–Crippen LogP) is 6.83. The minimum atomic E-state index is -0.486. The van der Waals surface area contributed by atoms with Crippen LogP contribution < -0.4 is 10.2 Å². The van der Waals surface area contributed by atoms with Crippen LogP contribution in [0.25, 0.3) is 6.08 Å². The molecule has 0 aliphatic carbocycles. The van der Waals surface area contributed by atoms with Gasteiger partial charge in [0, 0.05) is 28.5 Å². The Kier molecular flexibility index (Phi) is 7.53. The van der Waals surface area contributed by atoms with E-state index in [9.17, 15) is 14.4 Å². The molecule has 36 heavy (non-hydrogen) atoms. The van der Waals surface area contributed by atoms with Gasteiger partial charge in [0.05, 0.1) is 4.91 Å². The maximum Gasteiger partial charge on any atom is 0.294 e. The van der Waals surface area contributed by atoms with Crippen molar-refractivity contribution in [2.24, 2.45) is 0 Å². The smallest absolute Gasteiger partial charge is 0.294 e. The zero-order valence-corrected chi connectivity index (χ0v) is 22.9. The van der Waals surface area contributed by atoms with Crippen molar-refractivity contribution in [3.8, 4) is 0 Å². The Hall–Kier alpha value is -2.77. The van der Waals surface area contributed by atoms with Gasteiger partial charge in [0.15, 0.2) is 0 Å². The molecule has 4 rings (SSSR count). The number of rotatable bonds is 6. The molecular formula is C28H32ClN3O3S. The summed E-state index contributed by atoms with van der Waals surface area (Å²) in [5.74, 6) is -0.587. The number of aryl methyl sites for hydroxylation is 1. The highest BCUT2D eigenvalue weighted by atomic mass is 35.5. The van der Waals surface area contributed by atoms with Crippen molar-refractivity contribution >= 4 is 57.9 Å². The van der Waals surface area contributed by atoms with E-state index in [1.807, 2.05) is 37.3 Å². The topological polar surface area (TPSA) is 69.7 Å². The Morgan fingerprint density at radius 3 is 2.69 bits per heavy atom. The Bertz CT molecular complexity index is 1260. The molecule has 0 bridgehead atoms. The second-order valence-corrected chi connectivity index (χ2v) is 11.6.